The van der Waals surface area contributed by atoms with Crippen molar-refractivity contribution in [3.05, 3.63) is 30.3 Å². The van der Waals surface area contributed by atoms with Gasteiger partial charge in [0.15, 0.2) is 0 Å². The van der Waals surface area contributed by atoms with Crippen LogP contribution in [0.25, 0.3) is 0 Å². The second-order valence-electron chi connectivity index (χ2n) is 2.81. The molecule has 0 atom stereocenters. The molecule has 0 unspecified atom stereocenters. The van der Waals surface area contributed by atoms with Crippen molar-refractivity contribution in [3.63, 3.8) is 0 Å². The molecular weight excluding hydrogens is 233 g/mol. The lowest BCUT2D eigenvalue weighted by Gasteiger charge is -2.24. The van der Waals surface area contributed by atoms with Gasteiger partial charge in [-0.2, -0.15) is 0 Å². The molecule has 0 saturated heterocycles. The van der Waals surface area contributed by atoms with Crippen LogP contribution in [0.5, 0.6) is 0 Å². The average Bonchev–Trinajstić information content (AvgIpc) is 2.30. The predicted molar refractivity (Wildman–Crippen MR) is 58.6 cm³/mol. The summed E-state index contributed by atoms with van der Waals surface area (Å²) in [5, 5.41) is 0. The van der Waals surface area contributed by atoms with E-state index in [1.165, 1.54) is 18.9 Å². The highest BCUT2D eigenvalue weighted by atomic mass is 31.2. The van der Waals surface area contributed by atoms with Crippen molar-refractivity contribution in [1.29, 1.82) is 0 Å². The summed E-state index contributed by atoms with van der Waals surface area (Å²) >= 11 is 0. The van der Waals surface area contributed by atoms with Gasteiger partial charge in [-0.25, -0.2) is 14.3 Å². The van der Waals surface area contributed by atoms with Crippen LogP contribution < -0.4 is 4.67 Å². The van der Waals surface area contributed by atoms with Crippen LogP contribution in [0, 0.1) is 0 Å². The van der Waals surface area contributed by atoms with Gasteiger partial charge in [0.05, 0.1) is 14.2 Å². The topological polar surface area (TPSA) is 57.2 Å². The van der Waals surface area contributed by atoms with Crippen molar-refractivity contribution in [2.45, 2.75) is 0 Å². The molecule has 0 aromatic heterocycles. The standard InChI is InChI=1S/C9H14NO5P/c1-10(9-7-5-4-6-8-9)16(11,14-12-2)15-13-3/h4-8H,1-3H3. The number of rotatable bonds is 6. The van der Waals surface area contributed by atoms with Crippen molar-refractivity contribution in [2.24, 2.45) is 0 Å². The summed E-state index contributed by atoms with van der Waals surface area (Å²) in [6.07, 6.45) is 0. The molecule has 16 heavy (non-hydrogen) atoms. The normalized spacial score (nSPS) is 11.4. The van der Waals surface area contributed by atoms with E-state index < -0.39 is 7.75 Å². The van der Waals surface area contributed by atoms with Crippen LogP contribution in [0.15, 0.2) is 30.3 Å². The molecule has 0 aliphatic carbocycles. The summed E-state index contributed by atoms with van der Waals surface area (Å²) < 4.78 is 22.7. The fraction of sp³-hybridized carbons (Fsp3) is 0.333. The van der Waals surface area contributed by atoms with Crippen LogP contribution in [-0.4, -0.2) is 21.3 Å². The summed E-state index contributed by atoms with van der Waals surface area (Å²) in [4.78, 5) is 8.78. The Labute approximate surface area is 94.1 Å². The highest BCUT2D eigenvalue weighted by Crippen LogP contribution is 2.53. The Morgan fingerprint density at radius 1 is 1.06 bits per heavy atom. The molecule has 0 aliphatic heterocycles. The Balaban J connectivity index is 2.91. The van der Waals surface area contributed by atoms with E-state index in [0.717, 1.165) is 0 Å². The zero-order chi connectivity index (χ0) is 12.0. The Bertz CT molecular complexity index is 348. The number of hydrogen-bond donors (Lipinski definition) is 0. The van der Waals surface area contributed by atoms with Crippen molar-refractivity contribution >= 4 is 13.4 Å². The monoisotopic (exact) mass is 247 g/mol. The maximum atomic E-state index is 12.1. The van der Waals surface area contributed by atoms with Gasteiger partial charge in [0.1, 0.15) is 0 Å². The first kappa shape index (κ1) is 13.2. The van der Waals surface area contributed by atoms with Gasteiger partial charge in [-0.05, 0) is 12.1 Å². The van der Waals surface area contributed by atoms with Gasteiger partial charge in [-0.3, -0.25) is 4.67 Å². The van der Waals surface area contributed by atoms with E-state index >= 15 is 0 Å². The Morgan fingerprint density at radius 3 is 2.00 bits per heavy atom. The third kappa shape index (κ3) is 3.04. The molecule has 0 spiro atoms. The molecule has 1 rings (SSSR count). The van der Waals surface area contributed by atoms with E-state index in [4.69, 9.17) is 0 Å². The second-order valence-corrected chi connectivity index (χ2v) is 4.65. The van der Waals surface area contributed by atoms with Gasteiger partial charge >= 0.3 is 7.75 Å². The Hall–Kier alpha value is -0.910. The Morgan fingerprint density at radius 2 is 1.56 bits per heavy atom. The molecule has 0 amide bonds. The minimum Gasteiger partial charge on any atom is -0.279 e. The van der Waals surface area contributed by atoms with Crippen molar-refractivity contribution in [3.8, 4) is 0 Å². The first-order valence-corrected chi connectivity index (χ1v) is 5.97. The molecule has 0 heterocycles. The summed E-state index contributed by atoms with van der Waals surface area (Å²) in [6, 6.07) is 8.96. The number of anilines is 1. The summed E-state index contributed by atoms with van der Waals surface area (Å²) in [5.74, 6) is 0. The van der Waals surface area contributed by atoms with Crippen molar-refractivity contribution in [2.75, 3.05) is 25.9 Å². The molecule has 1 aromatic carbocycles. The van der Waals surface area contributed by atoms with Crippen LogP contribution in [0.1, 0.15) is 0 Å². The van der Waals surface area contributed by atoms with E-state index in [2.05, 4.69) is 19.1 Å². The number of nitrogens with zero attached hydrogens (tertiary/aromatic N) is 1. The summed E-state index contributed by atoms with van der Waals surface area (Å²) in [6.45, 7) is 0. The maximum Gasteiger partial charge on any atom is 0.489 e. The smallest absolute Gasteiger partial charge is 0.279 e. The van der Waals surface area contributed by atoms with Gasteiger partial charge in [0.2, 0.25) is 0 Å². The molecule has 0 N–H and O–H groups in total. The summed E-state index contributed by atoms with van der Waals surface area (Å²) in [7, 11) is 0.388. The fourth-order valence-electron chi connectivity index (χ4n) is 1.09. The van der Waals surface area contributed by atoms with E-state index in [9.17, 15) is 4.57 Å². The Kier molecular flexibility index (Phi) is 4.92. The molecular formula is C9H14NO5P. The maximum absolute atomic E-state index is 12.1. The zero-order valence-electron chi connectivity index (χ0n) is 9.32. The second kappa shape index (κ2) is 5.98. The zero-order valence-corrected chi connectivity index (χ0v) is 10.2. The first-order chi connectivity index (χ1) is 7.64. The fourth-order valence-corrected chi connectivity index (χ4v) is 2.10. The lowest BCUT2D eigenvalue weighted by molar-refractivity contribution is -0.242. The lowest BCUT2D eigenvalue weighted by atomic mass is 10.3. The highest BCUT2D eigenvalue weighted by Gasteiger charge is 2.34. The van der Waals surface area contributed by atoms with E-state index in [0.29, 0.717) is 5.69 Å². The van der Waals surface area contributed by atoms with Gasteiger partial charge in [-0.15, -0.1) is 9.35 Å². The summed E-state index contributed by atoms with van der Waals surface area (Å²) in [5.41, 5.74) is 0.653. The van der Waals surface area contributed by atoms with E-state index in [1.807, 2.05) is 6.07 Å². The molecule has 0 fully saturated rings. The third-order valence-electron chi connectivity index (χ3n) is 1.83. The number of hydrogen-bond acceptors (Lipinski definition) is 5. The number of benzene rings is 1. The van der Waals surface area contributed by atoms with Crippen LogP contribution in [0.4, 0.5) is 5.69 Å². The highest BCUT2D eigenvalue weighted by molar-refractivity contribution is 7.55. The molecule has 6 nitrogen and oxygen atoms in total. The quantitative estimate of drug-likeness (QED) is 0.437. The van der Waals surface area contributed by atoms with Crippen LogP contribution in [-0.2, 0) is 23.7 Å². The number of para-hydroxylation sites is 1. The van der Waals surface area contributed by atoms with E-state index in [-0.39, 0.29) is 0 Å². The third-order valence-corrected chi connectivity index (χ3v) is 3.48. The van der Waals surface area contributed by atoms with Gasteiger partial charge in [0, 0.05) is 12.7 Å². The molecule has 0 saturated carbocycles. The first-order valence-electron chi connectivity index (χ1n) is 4.48. The molecule has 7 heteroatoms. The minimum atomic E-state index is -3.64. The average molecular weight is 247 g/mol. The van der Waals surface area contributed by atoms with Crippen LogP contribution in [0.3, 0.4) is 0 Å². The van der Waals surface area contributed by atoms with Crippen LogP contribution >= 0.6 is 7.75 Å². The van der Waals surface area contributed by atoms with Gasteiger partial charge < -0.3 is 0 Å². The largest absolute Gasteiger partial charge is 0.489 e. The molecule has 90 valence electrons. The van der Waals surface area contributed by atoms with Gasteiger partial charge in [0.25, 0.3) is 0 Å². The SMILES string of the molecule is COOP(=O)(OOC)N(C)c1ccccc1. The van der Waals surface area contributed by atoms with Crippen molar-refractivity contribution in [1.82, 2.24) is 0 Å². The molecule has 0 bridgehead atoms. The lowest BCUT2D eigenvalue weighted by Crippen LogP contribution is -2.17. The van der Waals surface area contributed by atoms with E-state index in [1.54, 1.807) is 31.3 Å². The van der Waals surface area contributed by atoms with Crippen molar-refractivity contribution < 1.29 is 23.7 Å². The molecule has 1 aromatic rings. The minimum absolute atomic E-state index is 0.653. The van der Waals surface area contributed by atoms with Gasteiger partial charge in [-0.1, -0.05) is 18.2 Å². The van der Waals surface area contributed by atoms with Crippen LogP contribution in [0.2, 0.25) is 0 Å². The molecule has 0 radical (unpaired) electrons. The molecule has 0 aliphatic rings. The predicted octanol–water partition coefficient (Wildman–Crippen LogP) is 2.39.